The van der Waals surface area contributed by atoms with Crippen molar-refractivity contribution in [2.24, 2.45) is 5.92 Å². The molecule has 2 N–H and O–H groups in total. The van der Waals surface area contributed by atoms with Gasteiger partial charge in [-0.2, -0.15) is 0 Å². The highest BCUT2D eigenvalue weighted by molar-refractivity contribution is 5.97. The number of likely N-dealkylation sites (tertiary alicyclic amines) is 1. The third-order valence-electron chi connectivity index (χ3n) is 5.38. The van der Waals surface area contributed by atoms with Crippen LogP contribution in [0.1, 0.15) is 43.1 Å². The number of benzene rings is 2. The Morgan fingerprint density at radius 3 is 2.50 bits per heavy atom. The van der Waals surface area contributed by atoms with Gasteiger partial charge in [-0.3, -0.25) is 14.4 Å². The molecule has 2 aromatic carbocycles. The molecule has 9 heteroatoms. The Hall–Kier alpha value is -3.88. The monoisotopic (exact) mass is 467 g/mol. The molecule has 1 unspecified atom stereocenters. The minimum absolute atomic E-state index is 0.00731. The number of carbonyl (C=O) groups is 4. The lowest BCUT2D eigenvalue weighted by molar-refractivity contribution is -0.129. The van der Waals surface area contributed by atoms with E-state index in [1.54, 1.807) is 42.2 Å². The molecule has 1 aliphatic rings. The van der Waals surface area contributed by atoms with Gasteiger partial charge < -0.3 is 25.0 Å². The Morgan fingerprint density at radius 1 is 1.12 bits per heavy atom. The summed E-state index contributed by atoms with van der Waals surface area (Å²) in [5, 5.41) is 5.69. The van der Waals surface area contributed by atoms with Gasteiger partial charge in [-0.1, -0.05) is 12.1 Å². The summed E-state index contributed by atoms with van der Waals surface area (Å²) in [5.41, 5.74) is 1.81. The number of nitrogens with one attached hydrogen (secondary N) is 2. The number of ether oxygens (including phenoxy) is 2. The second-order valence-corrected chi connectivity index (χ2v) is 8.22. The summed E-state index contributed by atoms with van der Waals surface area (Å²) in [5.74, 6) is -0.599. The number of amides is 3. The first-order chi connectivity index (χ1) is 16.3. The highest BCUT2D eigenvalue weighted by Crippen LogP contribution is 2.22. The van der Waals surface area contributed by atoms with Crippen molar-refractivity contribution >= 4 is 29.6 Å². The van der Waals surface area contributed by atoms with Crippen LogP contribution >= 0.6 is 0 Å². The Balaban J connectivity index is 1.52. The molecule has 1 saturated heterocycles. The first-order valence-electron chi connectivity index (χ1n) is 11.2. The summed E-state index contributed by atoms with van der Waals surface area (Å²) in [6, 6.07) is 13.4. The molecule has 1 atom stereocenters. The minimum Gasteiger partial charge on any atom is -0.434 e. The highest BCUT2D eigenvalue weighted by atomic mass is 16.7. The number of anilines is 1. The average Bonchev–Trinajstić information content (AvgIpc) is 3.20. The van der Waals surface area contributed by atoms with Crippen LogP contribution in [-0.4, -0.2) is 48.0 Å². The fourth-order valence-corrected chi connectivity index (χ4v) is 3.61. The van der Waals surface area contributed by atoms with E-state index >= 15 is 0 Å². The molecule has 3 rings (SSSR count). The molecular weight excluding hydrogens is 438 g/mol. The summed E-state index contributed by atoms with van der Waals surface area (Å²) in [4.78, 5) is 50.2. The molecule has 34 heavy (non-hydrogen) atoms. The van der Waals surface area contributed by atoms with Crippen LogP contribution in [0, 0.1) is 5.92 Å². The fraction of sp³-hybridized carbons (Fsp3) is 0.360. The van der Waals surface area contributed by atoms with Crippen molar-refractivity contribution < 1.29 is 28.7 Å². The van der Waals surface area contributed by atoms with Gasteiger partial charge >= 0.3 is 6.16 Å². The second-order valence-electron chi connectivity index (χ2n) is 8.22. The van der Waals surface area contributed by atoms with Crippen LogP contribution in [0.3, 0.4) is 0 Å². The zero-order valence-electron chi connectivity index (χ0n) is 19.5. The molecule has 0 bridgehead atoms. The first kappa shape index (κ1) is 24.8. The number of nitrogens with zero attached hydrogens (tertiary/aromatic N) is 1. The summed E-state index contributed by atoms with van der Waals surface area (Å²) < 4.78 is 9.68. The van der Waals surface area contributed by atoms with Crippen LogP contribution in [0.15, 0.2) is 48.5 Å². The minimum atomic E-state index is -0.802. The van der Waals surface area contributed by atoms with E-state index in [-0.39, 0.29) is 55.0 Å². The molecular formula is C25H29N3O6. The number of hydrogen-bond donors (Lipinski definition) is 2. The quantitative estimate of drug-likeness (QED) is 0.455. The van der Waals surface area contributed by atoms with Crippen LogP contribution in [0.2, 0.25) is 0 Å². The van der Waals surface area contributed by atoms with Crippen LogP contribution in [0.4, 0.5) is 10.5 Å². The van der Waals surface area contributed by atoms with E-state index in [0.717, 1.165) is 5.56 Å². The van der Waals surface area contributed by atoms with Crippen LogP contribution in [0.25, 0.3) is 0 Å². The van der Waals surface area contributed by atoms with Gasteiger partial charge in [-0.05, 0) is 62.7 Å². The molecule has 3 amide bonds. The highest BCUT2D eigenvalue weighted by Gasteiger charge is 2.35. The first-order valence-corrected chi connectivity index (χ1v) is 11.2. The van der Waals surface area contributed by atoms with Crippen molar-refractivity contribution in [1.82, 2.24) is 10.2 Å². The maximum absolute atomic E-state index is 12.6. The van der Waals surface area contributed by atoms with Crippen molar-refractivity contribution in [3.05, 3.63) is 59.7 Å². The van der Waals surface area contributed by atoms with E-state index in [1.807, 2.05) is 19.9 Å². The van der Waals surface area contributed by atoms with Gasteiger partial charge in [0, 0.05) is 36.8 Å². The molecule has 0 aliphatic carbocycles. The standard InChI is InChI=1S/C25H29N3O6/c1-4-33-25(32)34-21-10-8-18(9-11-21)23(30)26-14-17-6-5-7-20(12-17)27-24(31)19-13-22(29)28(15-19)16(2)3/h5-12,16,19H,4,13-15H2,1-3H3,(H,26,30)(H,27,31). The molecule has 0 radical (unpaired) electrons. The third-order valence-corrected chi connectivity index (χ3v) is 5.38. The smallest absolute Gasteiger partial charge is 0.434 e. The van der Waals surface area contributed by atoms with Crippen molar-refractivity contribution in [2.75, 3.05) is 18.5 Å². The van der Waals surface area contributed by atoms with Crippen molar-refractivity contribution in [2.45, 2.75) is 39.8 Å². The topological polar surface area (TPSA) is 114 Å². The summed E-state index contributed by atoms with van der Waals surface area (Å²) in [6.07, 6.45) is -0.591. The maximum atomic E-state index is 12.6. The third kappa shape index (κ3) is 6.57. The molecule has 1 aliphatic heterocycles. The van der Waals surface area contributed by atoms with Gasteiger partial charge in [-0.25, -0.2) is 4.79 Å². The summed E-state index contributed by atoms with van der Waals surface area (Å²) in [6.45, 7) is 6.43. The maximum Gasteiger partial charge on any atom is 0.513 e. The molecule has 1 fully saturated rings. The zero-order chi connectivity index (χ0) is 24.7. The molecule has 0 spiro atoms. The van der Waals surface area contributed by atoms with Gasteiger partial charge in [0.15, 0.2) is 0 Å². The Bertz CT molecular complexity index is 1050. The predicted octanol–water partition coefficient (Wildman–Crippen LogP) is 3.35. The van der Waals surface area contributed by atoms with E-state index in [2.05, 4.69) is 10.6 Å². The number of carbonyl (C=O) groups excluding carboxylic acids is 4. The lowest BCUT2D eigenvalue weighted by Crippen LogP contribution is -2.33. The molecule has 0 saturated carbocycles. The number of hydrogen-bond acceptors (Lipinski definition) is 6. The predicted molar refractivity (Wildman–Crippen MR) is 125 cm³/mol. The zero-order valence-corrected chi connectivity index (χ0v) is 19.5. The van der Waals surface area contributed by atoms with E-state index in [9.17, 15) is 19.2 Å². The van der Waals surface area contributed by atoms with Gasteiger partial charge in [-0.15, -0.1) is 0 Å². The largest absolute Gasteiger partial charge is 0.513 e. The van der Waals surface area contributed by atoms with Gasteiger partial charge in [0.05, 0.1) is 12.5 Å². The average molecular weight is 468 g/mol. The Labute approximate surface area is 198 Å². The lowest BCUT2D eigenvalue weighted by atomic mass is 10.1. The van der Waals surface area contributed by atoms with E-state index in [4.69, 9.17) is 9.47 Å². The van der Waals surface area contributed by atoms with E-state index in [1.165, 1.54) is 12.1 Å². The van der Waals surface area contributed by atoms with Crippen LogP contribution in [-0.2, 0) is 20.9 Å². The SMILES string of the molecule is CCOC(=O)Oc1ccc(C(=O)NCc2cccc(NC(=O)C3CC(=O)N(C(C)C)C3)c2)cc1. The Morgan fingerprint density at radius 2 is 1.85 bits per heavy atom. The normalized spacial score (nSPS) is 15.2. The summed E-state index contributed by atoms with van der Waals surface area (Å²) in [7, 11) is 0. The van der Waals surface area contributed by atoms with E-state index in [0.29, 0.717) is 17.8 Å². The van der Waals surface area contributed by atoms with Crippen molar-refractivity contribution in [1.29, 1.82) is 0 Å². The second kappa shape index (κ2) is 11.3. The molecule has 180 valence electrons. The molecule has 1 heterocycles. The molecule has 0 aromatic heterocycles. The van der Waals surface area contributed by atoms with Crippen molar-refractivity contribution in [3.63, 3.8) is 0 Å². The molecule has 2 aromatic rings. The van der Waals surface area contributed by atoms with Crippen LogP contribution in [0.5, 0.6) is 5.75 Å². The van der Waals surface area contributed by atoms with Gasteiger partial charge in [0.1, 0.15) is 5.75 Å². The van der Waals surface area contributed by atoms with E-state index < -0.39 is 6.16 Å². The van der Waals surface area contributed by atoms with Crippen LogP contribution < -0.4 is 15.4 Å². The molecule has 9 nitrogen and oxygen atoms in total. The lowest BCUT2D eigenvalue weighted by Gasteiger charge is -2.20. The van der Waals surface area contributed by atoms with Crippen molar-refractivity contribution in [3.8, 4) is 5.75 Å². The fourth-order valence-electron chi connectivity index (χ4n) is 3.61. The Kier molecular flexibility index (Phi) is 8.24. The van der Waals surface area contributed by atoms with Gasteiger partial charge in [0.2, 0.25) is 11.8 Å². The van der Waals surface area contributed by atoms with Gasteiger partial charge in [0.25, 0.3) is 5.91 Å². The summed E-state index contributed by atoms with van der Waals surface area (Å²) >= 11 is 0. The number of rotatable bonds is 8.